The Bertz CT molecular complexity index is 895. The molecule has 3 aliphatic rings. The monoisotopic (exact) mass is 421 g/mol. The van der Waals surface area contributed by atoms with E-state index in [9.17, 15) is 9.18 Å². The lowest BCUT2D eigenvalue weighted by molar-refractivity contribution is -0.138. The number of halogens is 1. The molecule has 1 N–H and O–H groups in total. The Morgan fingerprint density at radius 2 is 1.65 bits per heavy atom. The largest absolute Gasteiger partial charge is 0.489 e. The molecular formula is C27H32FNO2. The third kappa shape index (κ3) is 4.53. The Balaban J connectivity index is 1.35. The molecule has 0 aliphatic heterocycles. The highest BCUT2D eigenvalue weighted by molar-refractivity contribution is 5.83. The lowest BCUT2D eigenvalue weighted by atomic mass is 9.51. The number of hydrogen-bond donors (Lipinski definition) is 1. The molecule has 3 saturated carbocycles. The van der Waals surface area contributed by atoms with Crippen LogP contribution in [0.4, 0.5) is 4.39 Å². The van der Waals surface area contributed by atoms with E-state index in [1.807, 2.05) is 37.3 Å². The predicted molar refractivity (Wildman–Crippen MR) is 122 cm³/mol. The van der Waals surface area contributed by atoms with Crippen LogP contribution in [0.15, 0.2) is 66.5 Å². The first-order valence-corrected chi connectivity index (χ1v) is 11.4. The topological polar surface area (TPSA) is 38.3 Å². The molecule has 3 aliphatic carbocycles. The summed E-state index contributed by atoms with van der Waals surface area (Å²) in [6, 6.07) is 18.4. The zero-order chi connectivity index (χ0) is 21.7. The minimum absolute atomic E-state index is 0.174. The Kier molecular flexibility index (Phi) is 6.45. The van der Waals surface area contributed by atoms with Gasteiger partial charge in [0.05, 0.1) is 6.33 Å². The number of fused-ring (bicyclic) bond motifs is 3. The van der Waals surface area contributed by atoms with E-state index in [0.717, 1.165) is 49.8 Å². The summed E-state index contributed by atoms with van der Waals surface area (Å²) in [5, 5.41) is 3.19. The lowest BCUT2D eigenvalue weighted by Gasteiger charge is -2.52. The Morgan fingerprint density at radius 1 is 1.00 bits per heavy atom. The van der Waals surface area contributed by atoms with Gasteiger partial charge in [-0.25, -0.2) is 4.39 Å². The van der Waals surface area contributed by atoms with Crippen molar-refractivity contribution in [3.8, 4) is 5.75 Å². The highest BCUT2D eigenvalue weighted by atomic mass is 19.1. The molecule has 3 fully saturated rings. The van der Waals surface area contributed by atoms with Gasteiger partial charge in [0, 0.05) is 12.0 Å². The summed E-state index contributed by atoms with van der Waals surface area (Å²) in [7, 11) is 0. The highest BCUT2D eigenvalue weighted by Crippen LogP contribution is 2.57. The van der Waals surface area contributed by atoms with Gasteiger partial charge in [-0.05, 0) is 79.2 Å². The van der Waals surface area contributed by atoms with E-state index in [2.05, 4.69) is 29.6 Å². The maximum Gasteiger partial charge on any atom is 0.226 e. The molecule has 31 heavy (non-hydrogen) atoms. The van der Waals surface area contributed by atoms with Crippen molar-refractivity contribution in [2.45, 2.75) is 63.8 Å². The standard InChI is InChI=1S/C27H32FNO2/c1-2-21(18-28)20-31-24-10-8-23(9-11-24)26-12-15-27(16-13-26,17-14-26)25(30)29-19-22-6-4-3-5-7-22/h3-11,18H,2,12-17,19-20H2,1H3,(H,29,30)/b21-18+. The number of ether oxygens (including phenoxy) is 1. The van der Waals surface area contributed by atoms with Crippen molar-refractivity contribution in [3.63, 3.8) is 0 Å². The van der Waals surface area contributed by atoms with Crippen LogP contribution in [0.5, 0.6) is 5.75 Å². The number of carbonyl (C=O) groups is 1. The molecule has 3 nitrogen and oxygen atoms in total. The highest BCUT2D eigenvalue weighted by Gasteiger charge is 2.52. The van der Waals surface area contributed by atoms with Crippen molar-refractivity contribution in [1.29, 1.82) is 0 Å². The van der Waals surface area contributed by atoms with Crippen molar-refractivity contribution in [3.05, 3.63) is 77.6 Å². The molecule has 0 unspecified atom stereocenters. The molecular weight excluding hydrogens is 389 g/mol. The zero-order valence-electron chi connectivity index (χ0n) is 18.3. The van der Waals surface area contributed by atoms with Gasteiger partial charge in [0.25, 0.3) is 0 Å². The van der Waals surface area contributed by atoms with Crippen LogP contribution in [-0.2, 0) is 16.8 Å². The summed E-state index contributed by atoms with van der Waals surface area (Å²) in [6.07, 6.45) is 7.30. The molecule has 4 heteroatoms. The van der Waals surface area contributed by atoms with Crippen LogP contribution in [0.2, 0.25) is 0 Å². The van der Waals surface area contributed by atoms with Crippen LogP contribution in [0, 0.1) is 5.41 Å². The van der Waals surface area contributed by atoms with Crippen molar-refractivity contribution < 1.29 is 13.9 Å². The third-order valence-corrected chi connectivity index (χ3v) is 7.52. The molecule has 2 bridgehead atoms. The number of amides is 1. The van der Waals surface area contributed by atoms with E-state index < -0.39 is 0 Å². The second-order valence-corrected chi connectivity index (χ2v) is 9.16. The summed E-state index contributed by atoms with van der Waals surface area (Å²) >= 11 is 0. The Hall–Kier alpha value is -2.62. The molecule has 0 spiro atoms. The van der Waals surface area contributed by atoms with E-state index in [4.69, 9.17) is 4.74 Å². The van der Waals surface area contributed by atoms with Gasteiger partial charge in [-0.1, -0.05) is 49.4 Å². The number of rotatable bonds is 8. The van der Waals surface area contributed by atoms with E-state index in [0.29, 0.717) is 24.9 Å². The van der Waals surface area contributed by atoms with Gasteiger partial charge in [0.15, 0.2) is 0 Å². The molecule has 0 radical (unpaired) electrons. The number of nitrogens with one attached hydrogen (secondary N) is 1. The fraction of sp³-hybridized carbons (Fsp3) is 0.444. The van der Waals surface area contributed by atoms with E-state index >= 15 is 0 Å². The molecule has 2 aromatic rings. The summed E-state index contributed by atoms with van der Waals surface area (Å²) in [4.78, 5) is 13.1. The van der Waals surface area contributed by atoms with Gasteiger partial charge in [-0.2, -0.15) is 0 Å². The van der Waals surface area contributed by atoms with Crippen molar-refractivity contribution >= 4 is 5.91 Å². The second kappa shape index (κ2) is 9.25. The van der Waals surface area contributed by atoms with Gasteiger partial charge in [0.2, 0.25) is 5.91 Å². The molecule has 2 aromatic carbocycles. The summed E-state index contributed by atoms with van der Waals surface area (Å²) in [6.45, 7) is 2.81. The minimum Gasteiger partial charge on any atom is -0.489 e. The van der Waals surface area contributed by atoms with Crippen LogP contribution in [0.25, 0.3) is 0 Å². The molecule has 0 aromatic heterocycles. The minimum atomic E-state index is -0.200. The average Bonchev–Trinajstić information content (AvgIpc) is 2.85. The Labute approximate surface area is 184 Å². The SMILES string of the molecule is CC/C(=C\F)COc1ccc(C23CCC(C(=O)NCc4ccccc4)(CC2)CC3)cc1. The second-order valence-electron chi connectivity index (χ2n) is 9.16. The zero-order valence-corrected chi connectivity index (χ0v) is 18.3. The van der Waals surface area contributed by atoms with Crippen LogP contribution >= 0.6 is 0 Å². The number of carbonyl (C=O) groups excluding carboxylic acids is 1. The number of benzene rings is 2. The predicted octanol–water partition coefficient (Wildman–Crippen LogP) is 6.24. The van der Waals surface area contributed by atoms with Gasteiger partial charge < -0.3 is 10.1 Å². The number of hydrogen-bond acceptors (Lipinski definition) is 2. The van der Waals surface area contributed by atoms with Crippen LogP contribution < -0.4 is 10.1 Å². The van der Waals surface area contributed by atoms with Crippen LogP contribution in [0.3, 0.4) is 0 Å². The molecule has 5 rings (SSSR count). The Morgan fingerprint density at radius 3 is 2.23 bits per heavy atom. The van der Waals surface area contributed by atoms with E-state index in [1.165, 1.54) is 5.56 Å². The van der Waals surface area contributed by atoms with E-state index in [-0.39, 0.29) is 23.3 Å². The first kappa shape index (κ1) is 21.6. The first-order chi connectivity index (χ1) is 15.1. The molecule has 0 heterocycles. The van der Waals surface area contributed by atoms with Crippen molar-refractivity contribution in [2.24, 2.45) is 5.41 Å². The summed E-state index contributed by atoms with van der Waals surface area (Å²) in [5.74, 6) is 0.996. The van der Waals surface area contributed by atoms with E-state index in [1.54, 1.807) is 0 Å². The van der Waals surface area contributed by atoms with Crippen molar-refractivity contribution in [1.82, 2.24) is 5.32 Å². The summed E-state index contributed by atoms with van der Waals surface area (Å²) in [5.41, 5.74) is 3.12. The van der Waals surface area contributed by atoms with Crippen LogP contribution in [0.1, 0.15) is 63.0 Å². The quantitative estimate of drug-likeness (QED) is 0.548. The van der Waals surface area contributed by atoms with Crippen molar-refractivity contribution in [2.75, 3.05) is 6.61 Å². The maximum absolute atomic E-state index is 13.1. The normalized spacial score (nSPS) is 25.3. The molecule has 1 amide bonds. The first-order valence-electron chi connectivity index (χ1n) is 11.4. The van der Waals surface area contributed by atoms with Gasteiger partial charge in [-0.3, -0.25) is 4.79 Å². The van der Waals surface area contributed by atoms with Crippen LogP contribution in [-0.4, -0.2) is 12.5 Å². The fourth-order valence-electron chi connectivity index (χ4n) is 5.22. The fourth-order valence-corrected chi connectivity index (χ4v) is 5.22. The van der Waals surface area contributed by atoms with Gasteiger partial charge in [0.1, 0.15) is 12.4 Å². The maximum atomic E-state index is 13.1. The summed E-state index contributed by atoms with van der Waals surface area (Å²) < 4.78 is 18.4. The third-order valence-electron chi connectivity index (χ3n) is 7.52. The smallest absolute Gasteiger partial charge is 0.226 e. The lowest BCUT2D eigenvalue weighted by Crippen LogP contribution is -2.51. The molecule has 0 atom stereocenters. The van der Waals surface area contributed by atoms with Gasteiger partial charge in [-0.15, -0.1) is 0 Å². The molecule has 164 valence electrons. The average molecular weight is 422 g/mol. The molecule has 0 saturated heterocycles. The van der Waals surface area contributed by atoms with Gasteiger partial charge >= 0.3 is 0 Å².